The molecular formula is C18H26BrNO2. The maximum atomic E-state index is 12.1. The minimum absolute atomic E-state index is 0. The van der Waals surface area contributed by atoms with Crippen molar-refractivity contribution in [3.05, 3.63) is 35.9 Å². The highest BCUT2D eigenvalue weighted by Gasteiger charge is 2.42. The van der Waals surface area contributed by atoms with Crippen LogP contribution in [0.5, 0.6) is 0 Å². The van der Waals surface area contributed by atoms with Crippen LogP contribution in [0.25, 0.3) is 0 Å². The molecule has 1 aromatic rings. The van der Waals surface area contributed by atoms with E-state index in [1.54, 1.807) is 0 Å². The molecule has 0 spiro atoms. The number of hydrogen-bond acceptors (Lipinski definition) is 3. The van der Waals surface area contributed by atoms with Crippen molar-refractivity contribution in [2.24, 2.45) is 0 Å². The Balaban J connectivity index is 0.00000176. The van der Waals surface area contributed by atoms with Crippen molar-refractivity contribution in [3.63, 3.8) is 0 Å². The first-order chi connectivity index (χ1) is 10.1. The van der Waals surface area contributed by atoms with E-state index in [0.717, 1.165) is 18.4 Å². The zero-order chi connectivity index (χ0) is 14.8. The van der Waals surface area contributed by atoms with Crippen molar-refractivity contribution in [3.8, 4) is 0 Å². The highest BCUT2D eigenvalue weighted by atomic mass is 79.9. The Kier molecular flexibility index (Phi) is 6.04. The molecule has 2 heterocycles. The van der Waals surface area contributed by atoms with Crippen molar-refractivity contribution in [1.29, 1.82) is 0 Å². The number of fused-ring (bicyclic) bond motifs is 2. The number of halogens is 1. The van der Waals surface area contributed by atoms with Gasteiger partial charge in [0.15, 0.2) is 0 Å². The van der Waals surface area contributed by atoms with Crippen LogP contribution in [0.2, 0.25) is 0 Å². The van der Waals surface area contributed by atoms with Crippen LogP contribution in [-0.4, -0.2) is 35.1 Å². The Labute approximate surface area is 143 Å². The van der Waals surface area contributed by atoms with E-state index in [4.69, 9.17) is 4.74 Å². The first-order valence-corrected chi connectivity index (χ1v) is 8.14. The molecule has 22 heavy (non-hydrogen) atoms. The molecule has 0 radical (unpaired) electrons. The fraction of sp³-hybridized carbons (Fsp3) is 0.611. The zero-order valence-electron chi connectivity index (χ0n) is 13.4. The number of benzene rings is 1. The van der Waals surface area contributed by atoms with Crippen LogP contribution >= 0.6 is 17.0 Å². The monoisotopic (exact) mass is 367 g/mol. The highest BCUT2D eigenvalue weighted by Crippen LogP contribution is 2.38. The molecule has 0 amide bonds. The molecule has 2 aliphatic rings. The summed E-state index contributed by atoms with van der Waals surface area (Å²) in [6, 6.07) is 11.7. The Morgan fingerprint density at radius 1 is 1.18 bits per heavy atom. The molecule has 1 aromatic carbocycles. The fourth-order valence-corrected chi connectivity index (χ4v) is 4.09. The number of hydrogen-bond donors (Lipinski definition) is 0. The lowest BCUT2D eigenvalue weighted by Gasteiger charge is -2.41. The number of rotatable bonds is 4. The molecule has 2 saturated heterocycles. The molecule has 0 aliphatic carbocycles. The zero-order valence-corrected chi connectivity index (χ0v) is 15.1. The lowest BCUT2D eigenvalue weighted by atomic mass is 9.98. The third-order valence-corrected chi connectivity index (χ3v) is 4.83. The standard InChI is InChI=1S/C18H25NO2.BrH/c1-13(2)19-15-8-9-16(19)12-17(11-15)21-18(20)10-14-6-4-3-5-7-14;/h3-7,13,15-17H,8-12H2,1-2H3;1H/t15-,16+,17?;. The molecule has 0 N–H and O–H groups in total. The molecule has 0 saturated carbocycles. The van der Waals surface area contributed by atoms with Crippen molar-refractivity contribution < 1.29 is 9.53 Å². The van der Waals surface area contributed by atoms with Crippen molar-refractivity contribution in [1.82, 2.24) is 4.90 Å². The second kappa shape index (κ2) is 7.60. The van der Waals surface area contributed by atoms with Crippen LogP contribution in [0.1, 0.15) is 45.1 Å². The van der Waals surface area contributed by atoms with Gasteiger partial charge < -0.3 is 4.74 Å². The lowest BCUT2D eigenvalue weighted by molar-refractivity contribution is -0.152. The van der Waals surface area contributed by atoms with E-state index < -0.39 is 0 Å². The van der Waals surface area contributed by atoms with Crippen LogP contribution < -0.4 is 0 Å². The summed E-state index contributed by atoms with van der Waals surface area (Å²) in [5.74, 6) is -0.0800. The summed E-state index contributed by atoms with van der Waals surface area (Å²) in [4.78, 5) is 14.7. The lowest BCUT2D eigenvalue weighted by Crippen LogP contribution is -2.49. The van der Waals surface area contributed by atoms with Crippen LogP contribution in [0.15, 0.2) is 30.3 Å². The van der Waals surface area contributed by atoms with E-state index in [2.05, 4.69) is 18.7 Å². The summed E-state index contributed by atoms with van der Waals surface area (Å²) >= 11 is 0. The van der Waals surface area contributed by atoms with Gasteiger partial charge in [-0.1, -0.05) is 30.3 Å². The quantitative estimate of drug-likeness (QED) is 0.758. The van der Waals surface area contributed by atoms with Gasteiger partial charge in [0.05, 0.1) is 6.42 Å². The fourth-order valence-electron chi connectivity index (χ4n) is 4.09. The third-order valence-electron chi connectivity index (χ3n) is 4.83. The predicted molar refractivity (Wildman–Crippen MR) is 93.4 cm³/mol. The van der Waals surface area contributed by atoms with Gasteiger partial charge in [-0.3, -0.25) is 9.69 Å². The van der Waals surface area contributed by atoms with E-state index >= 15 is 0 Å². The Hall–Kier alpha value is -0.870. The van der Waals surface area contributed by atoms with Crippen molar-refractivity contribution in [2.45, 2.75) is 70.2 Å². The molecule has 3 rings (SSSR count). The molecule has 2 fully saturated rings. The maximum Gasteiger partial charge on any atom is 0.310 e. The Morgan fingerprint density at radius 3 is 2.32 bits per heavy atom. The van der Waals surface area contributed by atoms with Gasteiger partial charge in [-0.2, -0.15) is 0 Å². The number of nitrogens with zero attached hydrogens (tertiary/aromatic N) is 1. The number of ether oxygens (including phenoxy) is 1. The third kappa shape index (κ3) is 3.90. The van der Waals surface area contributed by atoms with E-state index in [-0.39, 0.29) is 29.1 Å². The summed E-state index contributed by atoms with van der Waals surface area (Å²) in [6.07, 6.45) is 5.05. The summed E-state index contributed by atoms with van der Waals surface area (Å²) < 4.78 is 5.74. The first-order valence-electron chi connectivity index (χ1n) is 8.14. The molecular weight excluding hydrogens is 342 g/mol. The van der Waals surface area contributed by atoms with Crippen LogP contribution in [0, 0.1) is 0 Å². The smallest absolute Gasteiger partial charge is 0.310 e. The van der Waals surface area contributed by atoms with E-state index in [1.165, 1.54) is 12.8 Å². The molecule has 2 aliphatic heterocycles. The molecule has 4 heteroatoms. The van der Waals surface area contributed by atoms with Crippen LogP contribution in [-0.2, 0) is 16.0 Å². The van der Waals surface area contributed by atoms with Gasteiger partial charge in [-0.25, -0.2) is 0 Å². The average molecular weight is 368 g/mol. The van der Waals surface area contributed by atoms with Crippen molar-refractivity contribution in [2.75, 3.05) is 0 Å². The average Bonchev–Trinajstić information content (AvgIpc) is 2.72. The second-order valence-corrected chi connectivity index (χ2v) is 6.67. The summed E-state index contributed by atoms with van der Waals surface area (Å²) in [5.41, 5.74) is 1.03. The van der Waals surface area contributed by atoms with Crippen LogP contribution in [0.3, 0.4) is 0 Å². The maximum absolute atomic E-state index is 12.1. The molecule has 0 aromatic heterocycles. The largest absolute Gasteiger partial charge is 0.462 e. The van der Waals surface area contributed by atoms with Gasteiger partial charge in [-0.05, 0) is 32.3 Å². The highest BCUT2D eigenvalue weighted by molar-refractivity contribution is 8.93. The molecule has 2 bridgehead atoms. The topological polar surface area (TPSA) is 29.5 Å². The number of esters is 1. The van der Waals surface area contributed by atoms with E-state index in [9.17, 15) is 4.79 Å². The normalized spacial score (nSPS) is 27.5. The predicted octanol–water partition coefficient (Wildman–Crippen LogP) is 3.75. The van der Waals surface area contributed by atoms with E-state index in [0.29, 0.717) is 24.5 Å². The van der Waals surface area contributed by atoms with E-state index in [1.807, 2.05) is 30.3 Å². The SMILES string of the molecule is Br.CC(C)N1[C@@H]2CC[C@H]1CC(OC(=O)Cc1ccccc1)C2. The molecule has 122 valence electrons. The second-order valence-electron chi connectivity index (χ2n) is 6.67. The van der Waals surface area contributed by atoms with Gasteiger partial charge in [0.1, 0.15) is 6.10 Å². The molecule has 3 nitrogen and oxygen atoms in total. The Bertz CT molecular complexity index is 477. The van der Waals surface area contributed by atoms with Gasteiger partial charge in [0.25, 0.3) is 0 Å². The first kappa shape index (κ1) is 17.5. The van der Waals surface area contributed by atoms with Gasteiger partial charge in [0, 0.05) is 31.0 Å². The number of carbonyl (C=O) groups is 1. The van der Waals surface area contributed by atoms with Gasteiger partial charge in [0.2, 0.25) is 0 Å². The molecule has 1 unspecified atom stereocenters. The minimum atomic E-state index is -0.0800. The Morgan fingerprint density at radius 2 is 1.77 bits per heavy atom. The number of carbonyl (C=O) groups excluding carboxylic acids is 1. The summed E-state index contributed by atoms with van der Waals surface area (Å²) in [6.45, 7) is 4.54. The van der Waals surface area contributed by atoms with Gasteiger partial charge in [-0.15, -0.1) is 17.0 Å². The summed E-state index contributed by atoms with van der Waals surface area (Å²) in [7, 11) is 0. The number of piperidine rings is 1. The summed E-state index contributed by atoms with van der Waals surface area (Å²) in [5, 5.41) is 0. The minimum Gasteiger partial charge on any atom is -0.462 e. The van der Waals surface area contributed by atoms with Crippen LogP contribution in [0.4, 0.5) is 0 Å². The van der Waals surface area contributed by atoms with Crippen molar-refractivity contribution >= 4 is 23.0 Å². The molecule has 3 atom stereocenters. The van der Waals surface area contributed by atoms with Gasteiger partial charge >= 0.3 is 5.97 Å².